The van der Waals surface area contributed by atoms with Crippen LogP contribution in [0, 0.1) is 23.2 Å². The first-order chi connectivity index (χ1) is 20.2. The third-order valence-electron chi connectivity index (χ3n) is 7.62. The molecule has 0 unspecified atom stereocenters. The molecule has 3 aromatic rings. The Hall–Kier alpha value is -3.32. The van der Waals surface area contributed by atoms with Gasteiger partial charge < -0.3 is 0 Å². The molecule has 0 bridgehead atoms. The van der Waals surface area contributed by atoms with Crippen LogP contribution in [0.4, 0.5) is 0 Å². The van der Waals surface area contributed by atoms with Crippen LogP contribution in [0.1, 0.15) is 96.8 Å². The molecule has 214 valence electrons. The highest BCUT2D eigenvalue weighted by molar-refractivity contribution is 7.96. The van der Waals surface area contributed by atoms with E-state index in [4.69, 9.17) is 0 Å². The quantitative estimate of drug-likeness (QED) is 0.0936. The second-order valence-electron chi connectivity index (χ2n) is 10.7. The molecule has 0 fully saturated rings. The molecule has 0 spiro atoms. The number of hydrogen-bond acceptors (Lipinski definition) is 2. The molecule has 3 aromatic carbocycles. The maximum atomic E-state index is 13.8. The summed E-state index contributed by atoms with van der Waals surface area (Å²) in [6.07, 6.45) is 15.5. The summed E-state index contributed by atoms with van der Waals surface area (Å²) in [6.45, 7) is -0.364. The first-order valence-electron chi connectivity index (χ1n) is 15.6. The number of carbonyl (C=O) groups excluding carboxylic acids is 1. The van der Waals surface area contributed by atoms with Crippen LogP contribution in [0.3, 0.4) is 0 Å². The fraction of sp³-hybridized carbons (Fsp3) is 0.395. The fourth-order valence-corrected chi connectivity index (χ4v) is 9.59. The van der Waals surface area contributed by atoms with Gasteiger partial charge in [-0.25, -0.2) is 0 Å². The average Bonchev–Trinajstić information content (AvgIpc) is 3.03. The zero-order chi connectivity index (χ0) is 29.0. The largest absolute Gasteiger partial charge is 0.293 e. The SMILES string of the molecule is CCCCCCCCC#CCCCCCCCC(=O)C(C#N)=P(c1ccccc1)(c1ccccc1)c1ccccc1. The average molecular weight is 564 g/mol. The van der Waals surface area contributed by atoms with Crippen molar-refractivity contribution in [1.82, 2.24) is 0 Å². The van der Waals surface area contributed by atoms with Crippen molar-refractivity contribution < 1.29 is 4.79 Å². The lowest BCUT2D eigenvalue weighted by Gasteiger charge is -2.30. The fourth-order valence-electron chi connectivity index (χ4n) is 5.43. The molecule has 0 atom stereocenters. The van der Waals surface area contributed by atoms with Crippen molar-refractivity contribution in [3.05, 3.63) is 91.0 Å². The Balaban J connectivity index is 1.63. The Morgan fingerprint density at radius 1 is 0.585 bits per heavy atom. The highest BCUT2D eigenvalue weighted by Gasteiger charge is 2.32. The van der Waals surface area contributed by atoms with Gasteiger partial charge in [-0.3, -0.25) is 4.79 Å². The molecular weight excluding hydrogens is 517 g/mol. The van der Waals surface area contributed by atoms with E-state index in [9.17, 15) is 10.1 Å². The third-order valence-corrected chi connectivity index (χ3v) is 11.9. The zero-order valence-electron chi connectivity index (χ0n) is 24.9. The van der Waals surface area contributed by atoms with Crippen molar-refractivity contribution in [3.8, 4) is 17.9 Å². The van der Waals surface area contributed by atoms with Crippen LogP contribution in [-0.4, -0.2) is 11.1 Å². The predicted molar refractivity (Wildman–Crippen MR) is 179 cm³/mol. The molecule has 41 heavy (non-hydrogen) atoms. The minimum absolute atomic E-state index is 0.0158. The standard InChI is InChI=1S/C38H46NOP/c1-2-3-4-5-6-7-8-9-10-11-12-13-14-15-25-32-37(40)38(33-39)41(34-26-19-16-20-27-34,35-28-21-17-22-29-35)36-30-23-18-24-31-36/h16-24,26-31H,2-8,11-15,25,32H2,1H3. The maximum Gasteiger partial charge on any atom is 0.174 e. The molecular formula is C38H46NOP. The van der Waals surface area contributed by atoms with Crippen LogP contribution in [0.15, 0.2) is 91.0 Å². The van der Waals surface area contributed by atoms with E-state index in [2.05, 4.69) is 61.2 Å². The number of unbranched alkanes of at least 4 members (excludes halogenated alkanes) is 11. The van der Waals surface area contributed by atoms with Gasteiger partial charge in [-0.1, -0.05) is 149 Å². The number of nitriles is 1. The van der Waals surface area contributed by atoms with Gasteiger partial charge >= 0.3 is 0 Å². The van der Waals surface area contributed by atoms with Crippen LogP contribution in [0.2, 0.25) is 0 Å². The minimum Gasteiger partial charge on any atom is -0.293 e. The van der Waals surface area contributed by atoms with Crippen molar-refractivity contribution in [2.24, 2.45) is 0 Å². The number of rotatable bonds is 17. The Labute approximate surface area is 249 Å². The topological polar surface area (TPSA) is 40.9 Å². The summed E-state index contributed by atoms with van der Waals surface area (Å²) in [7, 11) is 0. The number of ketones is 1. The monoisotopic (exact) mass is 563 g/mol. The molecule has 0 aliphatic heterocycles. The second-order valence-corrected chi connectivity index (χ2v) is 14.0. The Morgan fingerprint density at radius 3 is 1.39 bits per heavy atom. The zero-order valence-corrected chi connectivity index (χ0v) is 25.8. The van der Waals surface area contributed by atoms with E-state index >= 15 is 0 Å². The summed E-state index contributed by atoms with van der Waals surface area (Å²) < 4.78 is 0. The molecule has 0 aliphatic rings. The Kier molecular flexibility index (Phi) is 14.9. The lowest BCUT2D eigenvalue weighted by molar-refractivity contribution is -0.112. The van der Waals surface area contributed by atoms with Crippen molar-refractivity contribution in [1.29, 1.82) is 5.26 Å². The van der Waals surface area contributed by atoms with Gasteiger partial charge in [0.2, 0.25) is 0 Å². The Bertz CT molecular complexity index is 1220. The van der Waals surface area contributed by atoms with Crippen LogP contribution < -0.4 is 15.9 Å². The molecule has 0 saturated heterocycles. The summed E-state index contributed by atoms with van der Waals surface area (Å²) in [6, 6.07) is 32.9. The summed E-state index contributed by atoms with van der Waals surface area (Å²) in [5.41, 5.74) is 0. The van der Waals surface area contributed by atoms with Gasteiger partial charge in [0.05, 0.1) is 0 Å². The molecule has 0 heterocycles. The van der Waals surface area contributed by atoms with Gasteiger partial charge in [0, 0.05) is 19.3 Å². The molecule has 2 nitrogen and oxygen atoms in total. The highest BCUT2D eigenvalue weighted by atomic mass is 31.2. The number of hydrogen-bond donors (Lipinski definition) is 0. The van der Waals surface area contributed by atoms with E-state index in [-0.39, 0.29) is 5.78 Å². The number of carbonyl (C=O) groups is 1. The normalized spacial score (nSPS) is 10.8. The third kappa shape index (κ3) is 9.63. The van der Waals surface area contributed by atoms with Crippen molar-refractivity contribution in [2.75, 3.05) is 0 Å². The lowest BCUT2D eigenvalue weighted by atomic mass is 10.1. The summed E-state index contributed by atoms with van der Waals surface area (Å²) in [5.74, 6) is 6.67. The van der Waals surface area contributed by atoms with E-state index in [0.717, 1.165) is 60.9 Å². The molecule has 0 radical (unpaired) electrons. The van der Waals surface area contributed by atoms with E-state index in [1.807, 2.05) is 54.6 Å². The van der Waals surface area contributed by atoms with Gasteiger partial charge in [0.15, 0.2) is 5.78 Å². The van der Waals surface area contributed by atoms with Gasteiger partial charge in [-0.05, 0) is 42.1 Å². The first-order valence-corrected chi connectivity index (χ1v) is 17.4. The highest BCUT2D eigenvalue weighted by Crippen LogP contribution is 2.46. The van der Waals surface area contributed by atoms with Crippen LogP contribution in [0.25, 0.3) is 0 Å². The van der Waals surface area contributed by atoms with Crippen molar-refractivity contribution in [2.45, 2.75) is 96.8 Å². The van der Waals surface area contributed by atoms with Gasteiger partial charge in [0.25, 0.3) is 0 Å². The molecule has 0 aliphatic carbocycles. The van der Waals surface area contributed by atoms with Gasteiger partial charge in [-0.15, -0.1) is 11.8 Å². The predicted octanol–water partition coefficient (Wildman–Crippen LogP) is 8.73. The van der Waals surface area contributed by atoms with Gasteiger partial charge in [0.1, 0.15) is 11.4 Å². The van der Waals surface area contributed by atoms with Crippen LogP contribution >= 0.6 is 6.89 Å². The van der Waals surface area contributed by atoms with Crippen molar-refractivity contribution >= 4 is 33.9 Å². The molecule has 0 aromatic heterocycles. The second kappa shape index (κ2) is 18.9. The minimum atomic E-state index is -2.62. The molecule has 0 saturated carbocycles. The van der Waals surface area contributed by atoms with E-state index < -0.39 is 6.89 Å². The summed E-state index contributed by atoms with van der Waals surface area (Å²) in [5, 5.41) is 14.1. The number of Topliss-reactive ketones (excluding diaryl/α,β-unsaturated/α-hetero) is 1. The maximum absolute atomic E-state index is 13.8. The number of benzene rings is 3. The smallest absolute Gasteiger partial charge is 0.174 e. The molecule has 3 heteroatoms. The van der Waals surface area contributed by atoms with E-state index in [1.165, 1.54) is 38.5 Å². The first kappa shape index (κ1) is 32.2. The van der Waals surface area contributed by atoms with E-state index in [1.54, 1.807) is 0 Å². The summed E-state index contributed by atoms with van der Waals surface area (Å²) in [4.78, 5) is 13.8. The van der Waals surface area contributed by atoms with E-state index in [0.29, 0.717) is 11.7 Å². The lowest BCUT2D eigenvalue weighted by Crippen LogP contribution is -2.33. The molecule has 0 N–H and O–H groups in total. The number of nitrogens with zero attached hydrogens (tertiary/aromatic N) is 1. The summed E-state index contributed by atoms with van der Waals surface area (Å²) >= 11 is 0. The molecule has 0 amide bonds. The Morgan fingerprint density at radius 2 is 0.976 bits per heavy atom. The van der Waals surface area contributed by atoms with Gasteiger partial charge in [-0.2, -0.15) is 5.26 Å². The molecule has 3 rings (SSSR count). The van der Waals surface area contributed by atoms with Crippen LogP contribution in [0.5, 0.6) is 0 Å². The van der Waals surface area contributed by atoms with Crippen molar-refractivity contribution in [3.63, 3.8) is 0 Å². The van der Waals surface area contributed by atoms with Crippen LogP contribution in [-0.2, 0) is 4.79 Å².